The molecule has 1 heterocycles. The Labute approximate surface area is 94.9 Å². The molecule has 0 N–H and O–H groups in total. The number of alkyl halides is 1. The van der Waals surface area contributed by atoms with Crippen LogP contribution in [0.15, 0.2) is 30.9 Å². The lowest BCUT2D eigenvalue weighted by Gasteiger charge is -2.07. The molecular formula is C9H7BrClN3. The lowest BCUT2D eigenvalue weighted by Crippen LogP contribution is -1.99. The predicted molar refractivity (Wildman–Crippen MR) is 59.0 cm³/mol. The number of benzene rings is 1. The van der Waals surface area contributed by atoms with E-state index >= 15 is 0 Å². The highest BCUT2D eigenvalue weighted by atomic mass is 79.9. The van der Waals surface area contributed by atoms with Gasteiger partial charge in [-0.1, -0.05) is 33.6 Å². The smallest absolute Gasteiger partial charge is 0.138 e. The van der Waals surface area contributed by atoms with Crippen molar-refractivity contribution in [3.05, 3.63) is 41.4 Å². The molecular weight excluding hydrogens is 265 g/mol. The first-order chi connectivity index (χ1) is 6.83. The molecule has 1 aromatic carbocycles. The van der Waals surface area contributed by atoms with Crippen molar-refractivity contribution in [3.63, 3.8) is 0 Å². The van der Waals surface area contributed by atoms with Gasteiger partial charge < -0.3 is 0 Å². The minimum atomic E-state index is 0.696. The third kappa shape index (κ3) is 1.67. The zero-order chi connectivity index (χ0) is 9.97. The van der Waals surface area contributed by atoms with Crippen molar-refractivity contribution in [1.29, 1.82) is 0 Å². The molecule has 0 bridgehead atoms. The summed E-state index contributed by atoms with van der Waals surface area (Å²) in [5.74, 6) is 0. The summed E-state index contributed by atoms with van der Waals surface area (Å²) in [4.78, 5) is 3.90. The van der Waals surface area contributed by atoms with Crippen LogP contribution in [0.4, 0.5) is 0 Å². The van der Waals surface area contributed by atoms with Gasteiger partial charge in [-0.25, -0.2) is 9.67 Å². The Hall–Kier alpha value is -0.870. The molecule has 0 fully saturated rings. The third-order valence-corrected chi connectivity index (χ3v) is 2.81. The van der Waals surface area contributed by atoms with Crippen LogP contribution < -0.4 is 0 Å². The number of hydrogen-bond acceptors (Lipinski definition) is 2. The highest BCUT2D eigenvalue weighted by Gasteiger charge is 2.07. The number of halogens is 2. The second-order valence-corrected chi connectivity index (χ2v) is 3.68. The maximum absolute atomic E-state index is 6.05. The van der Waals surface area contributed by atoms with Crippen LogP contribution in [0, 0.1) is 0 Å². The zero-order valence-electron chi connectivity index (χ0n) is 7.19. The van der Waals surface area contributed by atoms with E-state index in [0.717, 1.165) is 16.3 Å². The fraction of sp³-hybridized carbons (Fsp3) is 0.111. The van der Waals surface area contributed by atoms with Crippen LogP contribution in [-0.2, 0) is 5.33 Å². The normalized spacial score (nSPS) is 10.4. The van der Waals surface area contributed by atoms with E-state index in [1.165, 1.54) is 6.33 Å². The Morgan fingerprint density at radius 2 is 2.29 bits per heavy atom. The Bertz CT molecular complexity index is 428. The van der Waals surface area contributed by atoms with Gasteiger partial charge in [0.15, 0.2) is 0 Å². The fourth-order valence-electron chi connectivity index (χ4n) is 1.23. The monoisotopic (exact) mass is 271 g/mol. The molecule has 14 heavy (non-hydrogen) atoms. The van der Waals surface area contributed by atoms with Gasteiger partial charge in [-0.2, -0.15) is 5.10 Å². The Kier molecular flexibility index (Phi) is 2.84. The number of aromatic nitrogens is 3. The lowest BCUT2D eigenvalue weighted by atomic mass is 10.2. The van der Waals surface area contributed by atoms with Crippen LogP contribution in [0.2, 0.25) is 5.02 Å². The molecule has 1 aromatic heterocycles. The molecule has 2 aromatic rings. The van der Waals surface area contributed by atoms with E-state index in [4.69, 9.17) is 11.6 Å². The summed E-state index contributed by atoms with van der Waals surface area (Å²) in [6.07, 6.45) is 3.15. The largest absolute Gasteiger partial charge is 0.223 e. The third-order valence-electron chi connectivity index (χ3n) is 1.89. The Morgan fingerprint density at radius 3 is 2.93 bits per heavy atom. The van der Waals surface area contributed by atoms with E-state index < -0.39 is 0 Å². The van der Waals surface area contributed by atoms with Crippen molar-refractivity contribution < 1.29 is 0 Å². The zero-order valence-corrected chi connectivity index (χ0v) is 9.53. The topological polar surface area (TPSA) is 30.7 Å². The van der Waals surface area contributed by atoms with E-state index in [9.17, 15) is 0 Å². The highest BCUT2D eigenvalue weighted by Crippen LogP contribution is 2.24. The summed E-state index contributed by atoms with van der Waals surface area (Å²) in [6, 6.07) is 5.71. The van der Waals surface area contributed by atoms with Crippen molar-refractivity contribution in [2.24, 2.45) is 0 Å². The van der Waals surface area contributed by atoms with Crippen LogP contribution in [0.25, 0.3) is 5.69 Å². The number of hydrogen-bond donors (Lipinski definition) is 0. The molecule has 0 radical (unpaired) electrons. The molecule has 0 aliphatic rings. The molecule has 0 aliphatic carbocycles. The summed E-state index contributed by atoms with van der Waals surface area (Å²) in [7, 11) is 0. The molecule has 5 heteroatoms. The molecule has 0 saturated heterocycles. The quantitative estimate of drug-likeness (QED) is 0.787. The van der Waals surface area contributed by atoms with Crippen LogP contribution in [0.3, 0.4) is 0 Å². The number of nitrogens with zero attached hydrogens (tertiary/aromatic N) is 3. The van der Waals surface area contributed by atoms with Crippen LogP contribution >= 0.6 is 27.5 Å². The Morgan fingerprint density at radius 1 is 1.43 bits per heavy atom. The van der Waals surface area contributed by atoms with Crippen molar-refractivity contribution in [2.75, 3.05) is 0 Å². The standard InChI is InChI=1S/C9H7BrClN3/c10-4-7-8(11)2-1-3-9(7)14-6-12-5-13-14/h1-3,5-6H,4H2. The summed E-state index contributed by atoms with van der Waals surface area (Å²) >= 11 is 9.45. The van der Waals surface area contributed by atoms with Gasteiger partial charge in [0.25, 0.3) is 0 Å². The second kappa shape index (κ2) is 4.11. The van der Waals surface area contributed by atoms with Gasteiger partial charge in [0.2, 0.25) is 0 Å². The second-order valence-electron chi connectivity index (χ2n) is 2.71. The average Bonchev–Trinajstić information content (AvgIpc) is 2.70. The summed E-state index contributed by atoms with van der Waals surface area (Å²) in [5.41, 5.74) is 1.96. The van der Waals surface area contributed by atoms with E-state index in [-0.39, 0.29) is 0 Å². The van der Waals surface area contributed by atoms with Crippen molar-refractivity contribution in [1.82, 2.24) is 14.8 Å². The predicted octanol–water partition coefficient (Wildman–Crippen LogP) is 2.82. The average molecular weight is 273 g/mol. The van der Waals surface area contributed by atoms with Crippen molar-refractivity contribution in [3.8, 4) is 5.69 Å². The van der Waals surface area contributed by atoms with Crippen LogP contribution in [0.5, 0.6) is 0 Å². The summed E-state index contributed by atoms with van der Waals surface area (Å²) < 4.78 is 1.70. The molecule has 0 aliphatic heterocycles. The SMILES string of the molecule is Clc1cccc(-n2cncn2)c1CBr. The number of rotatable bonds is 2. The van der Waals surface area contributed by atoms with Gasteiger partial charge in [-0.05, 0) is 12.1 Å². The highest BCUT2D eigenvalue weighted by molar-refractivity contribution is 9.08. The fourth-order valence-corrected chi connectivity index (χ4v) is 2.21. The molecule has 3 nitrogen and oxygen atoms in total. The summed E-state index contributed by atoms with van der Waals surface area (Å²) in [5, 5.41) is 5.49. The van der Waals surface area contributed by atoms with Crippen molar-refractivity contribution >= 4 is 27.5 Å². The van der Waals surface area contributed by atoms with E-state index in [1.54, 1.807) is 11.0 Å². The molecule has 2 rings (SSSR count). The van der Waals surface area contributed by atoms with Gasteiger partial charge in [0.05, 0.1) is 5.69 Å². The van der Waals surface area contributed by atoms with Gasteiger partial charge in [-0.15, -0.1) is 0 Å². The van der Waals surface area contributed by atoms with Gasteiger partial charge in [0.1, 0.15) is 12.7 Å². The minimum Gasteiger partial charge on any atom is -0.223 e. The van der Waals surface area contributed by atoms with Gasteiger partial charge in [-0.3, -0.25) is 0 Å². The molecule has 0 spiro atoms. The van der Waals surface area contributed by atoms with Gasteiger partial charge >= 0.3 is 0 Å². The van der Waals surface area contributed by atoms with Crippen LogP contribution in [-0.4, -0.2) is 14.8 Å². The first-order valence-electron chi connectivity index (χ1n) is 4.01. The molecule has 0 unspecified atom stereocenters. The van der Waals surface area contributed by atoms with E-state index in [1.807, 2.05) is 18.2 Å². The lowest BCUT2D eigenvalue weighted by molar-refractivity contribution is 0.870. The molecule has 0 amide bonds. The molecule has 72 valence electrons. The van der Waals surface area contributed by atoms with Crippen molar-refractivity contribution in [2.45, 2.75) is 5.33 Å². The summed E-state index contributed by atoms with van der Waals surface area (Å²) in [6.45, 7) is 0. The minimum absolute atomic E-state index is 0.696. The molecule has 0 saturated carbocycles. The van der Waals surface area contributed by atoms with E-state index in [0.29, 0.717) is 5.33 Å². The maximum atomic E-state index is 6.05. The first-order valence-corrected chi connectivity index (χ1v) is 5.51. The van der Waals surface area contributed by atoms with Crippen LogP contribution in [0.1, 0.15) is 5.56 Å². The molecule has 0 atom stereocenters. The van der Waals surface area contributed by atoms with E-state index in [2.05, 4.69) is 26.0 Å². The van der Waals surface area contributed by atoms with Gasteiger partial charge in [0, 0.05) is 15.9 Å². The first kappa shape index (κ1) is 9.68. The Balaban J connectivity index is 2.58. The maximum Gasteiger partial charge on any atom is 0.138 e.